The molecule has 2 aliphatic heterocycles. The summed E-state index contributed by atoms with van der Waals surface area (Å²) < 4.78 is 70.2. The van der Waals surface area contributed by atoms with Crippen LogP contribution in [0.25, 0.3) is 0 Å². The Morgan fingerprint density at radius 3 is 3.36 bits per heavy atom. The van der Waals surface area contributed by atoms with Crippen LogP contribution in [0.1, 0.15) is 25.8 Å². The summed E-state index contributed by atoms with van der Waals surface area (Å²) in [6.07, 6.45) is -1.22. The van der Waals surface area contributed by atoms with Gasteiger partial charge in [-0.25, -0.2) is 0 Å². The van der Waals surface area contributed by atoms with Gasteiger partial charge in [-0.3, -0.25) is 0 Å². The Kier molecular flexibility index (Phi) is 1.45. The molecule has 0 radical (unpaired) electrons. The SMILES string of the molecule is [2H]OC1C=C[C@H]2[C@@H]3N(C([2H])([2H])[2H])CC[C@@]24c2c(ccc(OC)c2OC14[2H])C3([2H])[2H]. The highest BCUT2D eigenvalue weighted by atomic mass is 16.5. The Morgan fingerprint density at radius 1 is 1.59 bits per heavy atom. The Hall–Kier alpha value is -1.52. The van der Waals surface area contributed by atoms with E-state index in [0.717, 1.165) is 0 Å². The topological polar surface area (TPSA) is 41.9 Å². The molecular weight excluding hydrogens is 278 g/mol. The van der Waals surface area contributed by atoms with Gasteiger partial charge in [0.2, 0.25) is 1.43 Å². The van der Waals surface area contributed by atoms with Crippen LogP contribution in [0.5, 0.6) is 11.5 Å². The number of nitrogens with zero attached hydrogens (tertiary/aromatic N) is 1. The van der Waals surface area contributed by atoms with E-state index in [2.05, 4.69) is 0 Å². The lowest BCUT2D eigenvalue weighted by Crippen LogP contribution is -2.64. The fourth-order valence-electron chi connectivity index (χ4n) is 4.57. The lowest BCUT2D eigenvalue weighted by molar-refractivity contribution is -0.0453. The van der Waals surface area contributed by atoms with Crippen molar-refractivity contribution in [2.24, 2.45) is 5.92 Å². The number of methoxy groups -OCH3 is 1. The third kappa shape index (κ3) is 1.28. The first-order valence-corrected chi connectivity index (χ1v) is 7.52. The second kappa shape index (κ2) is 4.06. The number of benzene rings is 1. The van der Waals surface area contributed by atoms with E-state index in [0.29, 0.717) is 22.6 Å². The van der Waals surface area contributed by atoms with Gasteiger partial charge in [0.05, 0.1) is 8.48 Å². The molecule has 4 heteroatoms. The fourth-order valence-corrected chi connectivity index (χ4v) is 4.57. The Morgan fingerprint density at radius 2 is 2.55 bits per heavy atom. The van der Waals surface area contributed by atoms with Crippen LogP contribution in [-0.4, -0.2) is 50.3 Å². The summed E-state index contributed by atoms with van der Waals surface area (Å²) in [5.41, 5.74) is -0.170. The molecule has 5 atom stereocenters. The van der Waals surface area contributed by atoms with Gasteiger partial charge in [0.25, 0.3) is 0 Å². The molecule has 0 amide bonds. The Labute approximate surface area is 140 Å². The van der Waals surface area contributed by atoms with E-state index >= 15 is 0 Å². The monoisotopic (exact) mass is 306 g/mol. The lowest BCUT2D eigenvalue weighted by atomic mass is 9.53. The van der Waals surface area contributed by atoms with Crippen LogP contribution >= 0.6 is 0 Å². The summed E-state index contributed by atoms with van der Waals surface area (Å²) in [5.74, 6) is 0.0472. The van der Waals surface area contributed by atoms with Crippen LogP contribution in [0.2, 0.25) is 0 Å². The quantitative estimate of drug-likeness (QED) is 0.841. The van der Waals surface area contributed by atoms with Crippen molar-refractivity contribution in [3.63, 3.8) is 0 Å². The van der Waals surface area contributed by atoms with Crippen molar-refractivity contribution < 1.29 is 22.8 Å². The molecule has 116 valence electrons. The molecular formula is C18H21NO3. The minimum Gasteiger partial charge on any atom is -0.493 e. The maximum atomic E-state index is 9.28. The van der Waals surface area contributed by atoms with E-state index in [1.54, 1.807) is 18.2 Å². The van der Waals surface area contributed by atoms with Gasteiger partial charge < -0.3 is 19.5 Å². The number of ether oxygens (including phenoxy) is 2. The van der Waals surface area contributed by atoms with E-state index in [-0.39, 0.29) is 13.0 Å². The molecule has 2 aliphatic carbocycles. The van der Waals surface area contributed by atoms with Crippen LogP contribution in [0.15, 0.2) is 24.3 Å². The molecule has 1 aromatic carbocycles. The third-order valence-corrected chi connectivity index (χ3v) is 5.49. The predicted molar refractivity (Wildman–Crippen MR) is 82.5 cm³/mol. The highest BCUT2D eigenvalue weighted by Gasteiger charge is 2.64. The average molecular weight is 306 g/mol. The molecule has 22 heavy (non-hydrogen) atoms. The molecule has 5 rings (SSSR count). The summed E-state index contributed by atoms with van der Waals surface area (Å²) in [7, 11) is 1.48. The first-order valence-electron chi connectivity index (χ1n) is 10.9. The van der Waals surface area contributed by atoms with Crippen molar-refractivity contribution in [2.75, 3.05) is 20.6 Å². The van der Waals surface area contributed by atoms with Crippen molar-refractivity contribution in [1.29, 1.82) is 1.43 Å². The van der Waals surface area contributed by atoms with Gasteiger partial charge in [0, 0.05) is 29.8 Å². The molecule has 1 saturated heterocycles. The largest absolute Gasteiger partial charge is 0.493 e. The minimum atomic E-state index is -2.48. The van der Waals surface area contributed by atoms with Gasteiger partial charge in [0.15, 0.2) is 11.5 Å². The molecule has 2 unspecified atom stereocenters. The molecule has 2 heterocycles. The van der Waals surface area contributed by atoms with Gasteiger partial charge in [0.1, 0.15) is 12.2 Å². The normalized spacial score (nSPS) is 51.9. The molecule has 4 nitrogen and oxygen atoms in total. The summed E-state index contributed by atoms with van der Waals surface area (Å²) >= 11 is 0. The van der Waals surface area contributed by atoms with Gasteiger partial charge in [-0.2, -0.15) is 0 Å². The minimum absolute atomic E-state index is 0.0792. The molecule has 1 aromatic rings. The summed E-state index contributed by atoms with van der Waals surface area (Å²) in [4.78, 5) is 1.24. The van der Waals surface area contributed by atoms with E-state index in [4.69, 9.17) is 22.9 Å². The van der Waals surface area contributed by atoms with Gasteiger partial charge in [-0.15, -0.1) is 0 Å². The fraction of sp³-hybridized carbons (Fsp3) is 0.556. The average Bonchev–Trinajstić information content (AvgIpc) is 2.92. The number of hydrogen-bond acceptors (Lipinski definition) is 4. The number of likely N-dealkylation sites (N-methyl/N-ethyl adjacent to an activating group) is 1. The molecule has 1 N–H and O–H groups in total. The number of rotatable bonds is 2. The van der Waals surface area contributed by atoms with Crippen molar-refractivity contribution in [1.82, 2.24) is 4.90 Å². The number of hydrogen-bond donors (Lipinski definition) is 1. The highest BCUT2D eigenvalue weighted by molar-refractivity contribution is 5.62. The second-order valence-corrected chi connectivity index (χ2v) is 6.32. The van der Waals surface area contributed by atoms with Crippen LogP contribution < -0.4 is 9.47 Å². The molecule has 4 aliphatic rings. The zero-order chi connectivity index (χ0) is 21.0. The molecule has 0 aromatic heterocycles. The summed E-state index contributed by atoms with van der Waals surface area (Å²) in [6.45, 7) is -2.40. The maximum absolute atomic E-state index is 9.28. The first kappa shape index (κ1) is 7.84. The second-order valence-electron chi connectivity index (χ2n) is 6.32. The smallest absolute Gasteiger partial charge is 0.211 e. The van der Waals surface area contributed by atoms with Gasteiger partial charge in [-0.1, -0.05) is 18.2 Å². The van der Waals surface area contributed by atoms with Crippen LogP contribution in [0, 0.1) is 5.92 Å². The van der Waals surface area contributed by atoms with Crippen LogP contribution in [0.3, 0.4) is 0 Å². The van der Waals surface area contributed by atoms with Crippen LogP contribution in [0.4, 0.5) is 0 Å². The first-order chi connectivity index (χ1) is 13.5. The van der Waals surface area contributed by atoms with Crippen molar-refractivity contribution >= 4 is 0 Å². The molecule has 1 spiro atoms. The van der Waals surface area contributed by atoms with Crippen LogP contribution in [-0.2, 0) is 11.8 Å². The number of piperidine rings is 1. The lowest BCUT2D eigenvalue weighted by Gasteiger charge is -2.56. The molecule has 1 fully saturated rings. The Bertz CT molecular complexity index is 919. The van der Waals surface area contributed by atoms with Crippen molar-refractivity contribution in [2.45, 2.75) is 36.4 Å². The third-order valence-electron chi connectivity index (χ3n) is 5.49. The van der Waals surface area contributed by atoms with Crippen molar-refractivity contribution in [3.05, 3.63) is 35.4 Å². The Balaban J connectivity index is 1.87. The maximum Gasteiger partial charge on any atom is 0.211 e. The molecule has 2 bridgehead atoms. The van der Waals surface area contributed by atoms with Gasteiger partial charge >= 0.3 is 0 Å². The zero-order valence-corrected chi connectivity index (χ0v) is 12.1. The van der Waals surface area contributed by atoms with Crippen molar-refractivity contribution in [3.8, 4) is 11.5 Å². The number of likely N-dealkylation sites (tertiary alicyclic amines) is 1. The predicted octanol–water partition coefficient (Wildman–Crippen LogP) is 1.50. The summed E-state index contributed by atoms with van der Waals surface area (Å²) in [5, 5.41) is 4.85. The summed E-state index contributed by atoms with van der Waals surface area (Å²) in [6, 6.07) is 2.19. The van der Waals surface area contributed by atoms with Gasteiger partial charge in [-0.05, 0) is 37.9 Å². The molecule has 0 saturated carbocycles. The zero-order valence-electron chi connectivity index (χ0n) is 19.1. The number of aliphatic hydroxyl groups is 1. The van der Waals surface area contributed by atoms with E-state index in [9.17, 15) is 1.37 Å². The standard InChI is InChI=1S/C18H21NO3/c1-19-8-7-18-11-4-5-13(20)17(18)22-16-14(21-2)6-3-10(15(16)18)9-12(11)19/h3-6,11-13,17,20H,7-9H2,1-2H3/t11-,12+,13?,17?,18-/m0/s1/i1D3,9D2,17D,20D. The number of aliphatic hydroxyl groups excluding tert-OH is 1. The van der Waals surface area contributed by atoms with E-state index in [1.807, 2.05) is 0 Å². The highest BCUT2D eigenvalue weighted by Crippen LogP contribution is 2.62. The van der Waals surface area contributed by atoms with E-state index in [1.165, 1.54) is 18.1 Å². The van der Waals surface area contributed by atoms with E-state index < -0.39 is 42.9 Å².